The van der Waals surface area contributed by atoms with Gasteiger partial charge in [0.05, 0.1) is 12.5 Å². The van der Waals surface area contributed by atoms with E-state index in [0.717, 1.165) is 18.7 Å². The van der Waals surface area contributed by atoms with Gasteiger partial charge >= 0.3 is 0 Å². The van der Waals surface area contributed by atoms with Gasteiger partial charge in [0.1, 0.15) is 0 Å². The van der Waals surface area contributed by atoms with E-state index in [0.29, 0.717) is 13.0 Å². The first kappa shape index (κ1) is 16.7. The maximum absolute atomic E-state index is 12.2. The van der Waals surface area contributed by atoms with E-state index < -0.39 is 0 Å². The van der Waals surface area contributed by atoms with Gasteiger partial charge in [-0.1, -0.05) is 50.2 Å². The number of amides is 1. The number of benzene rings is 1. The third-order valence-electron chi connectivity index (χ3n) is 3.82. The van der Waals surface area contributed by atoms with Crippen molar-refractivity contribution in [2.24, 2.45) is 0 Å². The molecule has 1 unspecified atom stereocenters. The molecule has 0 aliphatic rings. The first-order valence-corrected chi connectivity index (χ1v) is 8.70. The highest BCUT2D eigenvalue weighted by atomic mass is 32.1. The quantitative estimate of drug-likeness (QED) is 0.808. The van der Waals surface area contributed by atoms with E-state index in [-0.39, 0.29) is 11.9 Å². The van der Waals surface area contributed by atoms with Gasteiger partial charge < -0.3 is 5.32 Å². The second kappa shape index (κ2) is 8.71. The fourth-order valence-electron chi connectivity index (χ4n) is 2.61. The van der Waals surface area contributed by atoms with Crippen molar-refractivity contribution in [1.82, 2.24) is 10.2 Å². The summed E-state index contributed by atoms with van der Waals surface area (Å²) in [5.74, 6) is 0.0833. The summed E-state index contributed by atoms with van der Waals surface area (Å²) >= 11 is 1.75. The van der Waals surface area contributed by atoms with E-state index >= 15 is 0 Å². The molecule has 1 heterocycles. The lowest BCUT2D eigenvalue weighted by atomic mass is 10.1. The van der Waals surface area contributed by atoms with Crippen LogP contribution in [0.15, 0.2) is 47.8 Å². The molecule has 0 saturated heterocycles. The molecular formula is C18H24N2OS. The molecule has 0 spiro atoms. The van der Waals surface area contributed by atoms with Gasteiger partial charge in [0.2, 0.25) is 5.91 Å². The molecule has 0 saturated carbocycles. The van der Waals surface area contributed by atoms with Crippen molar-refractivity contribution >= 4 is 17.2 Å². The summed E-state index contributed by atoms with van der Waals surface area (Å²) in [6.07, 6.45) is 0.441. The minimum atomic E-state index is 0.0833. The zero-order valence-electron chi connectivity index (χ0n) is 13.3. The van der Waals surface area contributed by atoms with E-state index in [1.165, 1.54) is 4.88 Å². The number of nitrogens with zero attached hydrogens (tertiary/aromatic N) is 1. The Bertz CT molecular complexity index is 550. The van der Waals surface area contributed by atoms with Crippen molar-refractivity contribution < 1.29 is 4.79 Å². The Morgan fingerprint density at radius 2 is 1.86 bits per heavy atom. The largest absolute Gasteiger partial charge is 0.354 e. The maximum atomic E-state index is 12.2. The Balaban J connectivity index is 1.95. The normalized spacial score (nSPS) is 12.3. The monoisotopic (exact) mass is 316 g/mol. The number of hydrogen-bond donors (Lipinski definition) is 1. The van der Waals surface area contributed by atoms with Gasteiger partial charge in [0, 0.05) is 11.4 Å². The fraction of sp³-hybridized carbons (Fsp3) is 0.389. The summed E-state index contributed by atoms with van der Waals surface area (Å²) < 4.78 is 0. The van der Waals surface area contributed by atoms with Gasteiger partial charge in [-0.15, -0.1) is 11.3 Å². The molecule has 2 rings (SSSR count). The van der Waals surface area contributed by atoms with Crippen LogP contribution in [0.2, 0.25) is 0 Å². The lowest BCUT2D eigenvalue weighted by Gasteiger charge is -2.29. The van der Waals surface area contributed by atoms with Gasteiger partial charge in [0.15, 0.2) is 0 Å². The molecule has 1 N–H and O–H groups in total. The molecule has 118 valence electrons. The van der Waals surface area contributed by atoms with Crippen molar-refractivity contribution in [2.45, 2.75) is 26.3 Å². The molecule has 0 bridgehead atoms. The second-order valence-corrected chi connectivity index (χ2v) is 6.20. The SMILES string of the molecule is CCN(CC)C(CNC(=O)Cc1ccccc1)c1cccs1. The average Bonchev–Trinajstić information content (AvgIpc) is 3.06. The van der Waals surface area contributed by atoms with E-state index in [1.54, 1.807) is 11.3 Å². The molecule has 0 fully saturated rings. The van der Waals surface area contributed by atoms with Crippen LogP contribution in [0, 0.1) is 0 Å². The minimum Gasteiger partial charge on any atom is -0.354 e. The van der Waals surface area contributed by atoms with Crippen LogP contribution in [-0.4, -0.2) is 30.4 Å². The van der Waals surface area contributed by atoms with Crippen molar-refractivity contribution in [1.29, 1.82) is 0 Å². The van der Waals surface area contributed by atoms with E-state index in [4.69, 9.17) is 0 Å². The van der Waals surface area contributed by atoms with Gasteiger partial charge in [-0.25, -0.2) is 0 Å². The molecule has 0 aliphatic carbocycles. The van der Waals surface area contributed by atoms with Crippen LogP contribution in [0.25, 0.3) is 0 Å². The van der Waals surface area contributed by atoms with Crippen LogP contribution >= 0.6 is 11.3 Å². The predicted octanol–water partition coefficient (Wildman–Crippen LogP) is 3.49. The third kappa shape index (κ3) is 4.68. The molecule has 0 aliphatic heterocycles. The average molecular weight is 316 g/mol. The molecule has 1 amide bonds. The van der Waals surface area contributed by atoms with Crippen LogP contribution in [0.1, 0.15) is 30.3 Å². The van der Waals surface area contributed by atoms with Crippen LogP contribution in [0.3, 0.4) is 0 Å². The van der Waals surface area contributed by atoms with Crippen LogP contribution in [0.4, 0.5) is 0 Å². The van der Waals surface area contributed by atoms with Gasteiger partial charge in [0.25, 0.3) is 0 Å². The molecule has 0 radical (unpaired) electrons. The van der Waals surface area contributed by atoms with Crippen molar-refractivity contribution in [3.05, 3.63) is 58.3 Å². The summed E-state index contributed by atoms with van der Waals surface area (Å²) in [5.41, 5.74) is 1.05. The number of thiophene rings is 1. The lowest BCUT2D eigenvalue weighted by Crippen LogP contribution is -2.38. The highest BCUT2D eigenvalue weighted by Gasteiger charge is 2.19. The Morgan fingerprint density at radius 3 is 2.45 bits per heavy atom. The van der Waals surface area contributed by atoms with Crippen LogP contribution in [-0.2, 0) is 11.2 Å². The zero-order valence-corrected chi connectivity index (χ0v) is 14.1. The molecule has 2 aromatic rings. The molecule has 1 aromatic heterocycles. The zero-order chi connectivity index (χ0) is 15.8. The van der Waals surface area contributed by atoms with Gasteiger partial charge in [-0.05, 0) is 30.1 Å². The topological polar surface area (TPSA) is 32.3 Å². The molecule has 3 nitrogen and oxygen atoms in total. The minimum absolute atomic E-state index is 0.0833. The van der Waals surface area contributed by atoms with Crippen LogP contribution in [0.5, 0.6) is 0 Å². The highest BCUT2D eigenvalue weighted by molar-refractivity contribution is 7.10. The van der Waals surface area contributed by atoms with E-state index in [9.17, 15) is 4.79 Å². The highest BCUT2D eigenvalue weighted by Crippen LogP contribution is 2.24. The van der Waals surface area contributed by atoms with Crippen molar-refractivity contribution in [3.63, 3.8) is 0 Å². The number of rotatable bonds is 8. The summed E-state index contributed by atoms with van der Waals surface area (Å²) in [6.45, 7) is 6.95. The summed E-state index contributed by atoms with van der Waals surface area (Å²) in [4.78, 5) is 15.9. The maximum Gasteiger partial charge on any atom is 0.224 e. The Morgan fingerprint density at radius 1 is 1.14 bits per heavy atom. The third-order valence-corrected chi connectivity index (χ3v) is 4.80. The van der Waals surface area contributed by atoms with Crippen molar-refractivity contribution in [2.75, 3.05) is 19.6 Å². The molecule has 1 aromatic carbocycles. The number of hydrogen-bond acceptors (Lipinski definition) is 3. The van der Waals surface area contributed by atoms with Crippen molar-refractivity contribution in [3.8, 4) is 0 Å². The Hall–Kier alpha value is -1.65. The molecule has 22 heavy (non-hydrogen) atoms. The number of nitrogens with one attached hydrogen (secondary N) is 1. The number of carbonyl (C=O) groups is 1. The Labute approximate surface area is 137 Å². The van der Waals surface area contributed by atoms with E-state index in [1.807, 2.05) is 30.3 Å². The molecule has 4 heteroatoms. The van der Waals surface area contributed by atoms with Gasteiger partial charge in [-0.2, -0.15) is 0 Å². The number of carbonyl (C=O) groups excluding carboxylic acids is 1. The first-order chi connectivity index (χ1) is 10.7. The fourth-order valence-corrected chi connectivity index (χ4v) is 3.47. The summed E-state index contributed by atoms with van der Waals surface area (Å²) in [6, 6.07) is 14.4. The number of likely N-dealkylation sites (N-methyl/N-ethyl adjacent to an activating group) is 1. The smallest absolute Gasteiger partial charge is 0.224 e. The van der Waals surface area contributed by atoms with E-state index in [2.05, 4.69) is 41.6 Å². The van der Waals surface area contributed by atoms with Crippen LogP contribution < -0.4 is 5.32 Å². The second-order valence-electron chi connectivity index (χ2n) is 5.22. The lowest BCUT2D eigenvalue weighted by molar-refractivity contribution is -0.120. The summed E-state index contributed by atoms with van der Waals surface area (Å²) in [7, 11) is 0. The summed E-state index contributed by atoms with van der Waals surface area (Å²) in [5, 5.41) is 5.19. The van der Waals surface area contributed by atoms with Gasteiger partial charge in [-0.3, -0.25) is 9.69 Å². The first-order valence-electron chi connectivity index (χ1n) is 7.82. The standard InChI is InChI=1S/C18H24N2OS/c1-3-20(4-2)16(17-11-8-12-22-17)14-19-18(21)13-15-9-6-5-7-10-15/h5-12,16H,3-4,13-14H2,1-2H3,(H,19,21). The Kier molecular flexibility index (Phi) is 6.62. The molecule has 1 atom stereocenters. The predicted molar refractivity (Wildman–Crippen MR) is 93.1 cm³/mol. The molecular weight excluding hydrogens is 292 g/mol.